The van der Waals surface area contributed by atoms with Crippen molar-refractivity contribution < 1.29 is 23.1 Å². The Balaban J connectivity index is 4.45. The first-order valence-electron chi connectivity index (χ1n) is 4.68. The zero-order chi connectivity index (χ0) is 12.2. The monoisotopic (exact) mass is 227 g/mol. The Kier molecular flexibility index (Phi) is 5.07. The Hall–Kier alpha value is -0.780. The predicted molar refractivity (Wildman–Crippen MR) is 49.2 cm³/mol. The molecule has 15 heavy (non-hydrogen) atoms. The molecule has 0 fully saturated rings. The fraction of sp³-hybridized carbons (Fsp3) is 0.889. The van der Waals surface area contributed by atoms with Crippen molar-refractivity contribution in [1.29, 1.82) is 0 Å². The van der Waals surface area contributed by atoms with Gasteiger partial charge in [0.05, 0.1) is 12.3 Å². The molecule has 0 spiro atoms. The minimum absolute atomic E-state index is 0.0938. The van der Waals surface area contributed by atoms with E-state index in [0.717, 1.165) is 0 Å². The van der Waals surface area contributed by atoms with Crippen LogP contribution in [-0.4, -0.2) is 23.3 Å². The van der Waals surface area contributed by atoms with E-state index in [0.29, 0.717) is 0 Å². The number of halogens is 3. The second kappa shape index (κ2) is 5.34. The van der Waals surface area contributed by atoms with Crippen molar-refractivity contribution in [2.24, 2.45) is 17.6 Å². The molecule has 3 nitrogen and oxygen atoms in total. The zero-order valence-corrected chi connectivity index (χ0v) is 8.71. The van der Waals surface area contributed by atoms with Gasteiger partial charge in [0.25, 0.3) is 0 Å². The van der Waals surface area contributed by atoms with Crippen LogP contribution < -0.4 is 5.73 Å². The van der Waals surface area contributed by atoms with Crippen molar-refractivity contribution in [3.8, 4) is 0 Å². The van der Waals surface area contributed by atoms with E-state index in [2.05, 4.69) is 0 Å². The molecule has 0 aliphatic carbocycles. The molecule has 0 radical (unpaired) electrons. The van der Waals surface area contributed by atoms with E-state index in [4.69, 9.17) is 10.8 Å². The quantitative estimate of drug-likeness (QED) is 0.755. The molecule has 0 aliphatic rings. The molecule has 2 unspecified atom stereocenters. The molecular formula is C9H16F3NO2. The van der Waals surface area contributed by atoms with Crippen molar-refractivity contribution in [3.63, 3.8) is 0 Å². The first kappa shape index (κ1) is 14.2. The molecule has 0 bridgehead atoms. The third kappa shape index (κ3) is 5.61. The summed E-state index contributed by atoms with van der Waals surface area (Å²) in [7, 11) is 0. The number of carbonyl (C=O) groups is 1. The van der Waals surface area contributed by atoms with Crippen LogP contribution in [0.25, 0.3) is 0 Å². The number of aliphatic carboxylic acids is 1. The first-order chi connectivity index (χ1) is 6.64. The van der Waals surface area contributed by atoms with E-state index in [-0.39, 0.29) is 12.3 Å². The summed E-state index contributed by atoms with van der Waals surface area (Å²) >= 11 is 0. The van der Waals surface area contributed by atoms with Gasteiger partial charge < -0.3 is 10.8 Å². The summed E-state index contributed by atoms with van der Waals surface area (Å²) in [6.07, 6.45) is -5.75. The minimum atomic E-state index is -4.50. The Morgan fingerprint density at radius 1 is 1.40 bits per heavy atom. The molecule has 0 aliphatic heterocycles. The van der Waals surface area contributed by atoms with Crippen molar-refractivity contribution in [2.75, 3.05) is 0 Å². The Bertz CT molecular complexity index is 216. The fourth-order valence-corrected chi connectivity index (χ4v) is 1.14. The number of alkyl halides is 3. The molecule has 0 amide bonds. The Labute approximate surface area is 86.5 Å². The Morgan fingerprint density at radius 2 is 1.87 bits per heavy atom. The van der Waals surface area contributed by atoms with Crippen LogP contribution in [-0.2, 0) is 4.79 Å². The molecule has 0 aromatic carbocycles. The highest BCUT2D eigenvalue weighted by molar-refractivity contribution is 5.67. The highest BCUT2D eigenvalue weighted by atomic mass is 19.4. The van der Waals surface area contributed by atoms with Crippen molar-refractivity contribution in [1.82, 2.24) is 0 Å². The standard InChI is InChI=1S/C9H16F3NO2/c1-5(2)7(13)3-6(4-8(14)15)9(10,11)12/h5-7H,3-4,13H2,1-2H3,(H,14,15). The largest absolute Gasteiger partial charge is 0.481 e. The van der Waals surface area contributed by atoms with Crippen molar-refractivity contribution in [3.05, 3.63) is 0 Å². The number of carboxylic acid groups (broad SMARTS) is 1. The summed E-state index contributed by atoms with van der Waals surface area (Å²) < 4.78 is 37.2. The molecule has 0 saturated heterocycles. The maximum absolute atomic E-state index is 12.4. The average Bonchev–Trinajstić information content (AvgIpc) is 2.00. The molecule has 6 heteroatoms. The van der Waals surface area contributed by atoms with Gasteiger partial charge in [-0.15, -0.1) is 0 Å². The van der Waals surface area contributed by atoms with E-state index >= 15 is 0 Å². The van der Waals surface area contributed by atoms with Crippen LogP contribution in [0.4, 0.5) is 13.2 Å². The molecule has 0 aromatic heterocycles. The van der Waals surface area contributed by atoms with Crippen LogP contribution in [0.1, 0.15) is 26.7 Å². The number of rotatable bonds is 5. The average molecular weight is 227 g/mol. The molecule has 0 rings (SSSR count). The van der Waals surface area contributed by atoms with Gasteiger partial charge in [-0.05, 0) is 12.3 Å². The smallest absolute Gasteiger partial charge is 0.392 e. The lowest BCUT2D eigenvalue weighted by Crippen LogP contribution is -2.35. The summed E-state index contributed by atoms with van der Waals surface area (Å²) in [6, 6.07) is -0.629. The maximum atomic E-state index is 12.4. The number of hydrogen-bond acceptors (Lipinski definition) is 2. The van der Waals surface area contributed by atoms with Crippen LogP contribution in [0, 0.1) is 11.8 Å². The summed E-state index contributed by atoms with van der Waals surface area (Å²) in [4.78, 5) is 10.3. The highest BCUT2D eigenvalue weighted by Gasteiger charge is 2.41. The molecular weight excluding hydrogens is 211 g/mol. The Morgan fingerprint density at radius 3 is 2.13 bits per heavy atom. The predicted octanol–water partition coefficient (Wildman–Crippen LogP) is 2.01. The van der Waals surface area contributed by atoms with Gasteiger partial charge in [0, 0.05) is 6.04 Å². The number of hydrogen-bond donors (Lipinski definition) is 2. The summed E-state index contributed by atoms with van der Waals surface area (Å²) in [5.74, 6) is -3.40. The van der Waals surface area contributed by atoms with Crippen LogP contribution >= 0.6 is 0 Å². The van der Waals surface area contributed by atoms with E-state index in [1.54, 1.807) is 13.8 Å². The van der Waals surface area contributed by atoms with Crippen molar-refractivity contribution >= 4 is 5.97 Å². The molecule has 90 valence electrons. The molecule has 0 aromatic rings. The van der Waals surface area contributed by atoms with E-state index in [9.17, 15) is 18.0 Å². The summed E-state index contributed by atoms with van der Waals surface area (Å²) in [5.41, 5.74) is 5.50. The SMILES string of the molecule is CC(C)C(N)CC(CC(=O)O)C(F)(F)F. The van der Waals surface area contributed by atoms with E-state index < -0.39 is 30.5 Å². The highest BCUT2D eigenvalue weighted by Crippen LogP contribution is 2.33. The summed E-state index contributed by atoms with van der Waals surface area (Å²) in [6.45, 7) is 3.41. The number of nitrogens with two attached hydrogens (primary N) is 1. The van der Waals surface area contributed by atoms with Gasteiger partial charge in [0.15, 0.2) is 0 Å². The van der Waals surface area contributed by atoms with Crippen molar-refractivity contribution in [2.45, 2.75) is 38.9 Å². The lowest BCUT2D eigenvalue weighted by molar-refractivity contribution is -0.185. The lowest BCUT2D eigenvalue weighted by Gasteiger charge is -2.24. The van der Waals surface area contributed by atoms with Gasteiger partial charge >= 0.3 is 12.1 Å². The normalized spacial score (nSPS) is 16.5. The maximum Gasteiger partial charge on any atom is 0.392 e. The zero-order valence-electron chi connectivity index (χ0n) is 8.71. The van der Waals surface area contributed by atoms with Gasteiger partial charge in [-0.25, -0.2) is 0 Å². The molecule has 2 atom stereocenters. The third-order valence-corrected chi connectivity index (χ3v) is 2.30. The summed E-state index contributed by atoms with van der Waals surface area (Å²) in [5, 5.41) is 8.36. The topological polar surface area (TPSA) is 63.3 Å². The van der Waals surface area contributed by atoms with Crippen LogP contribution in [0.3, 0.4) is 0 Å². The van der Waals surface area contributed by atoms with Gasteiger partial charge in [0.2, 0.25) is 0 Å². The second-order valence-corrected chi connectivity index (χ2v) is 3.98. The molecule has 0 saturated carbocycles. The van der Waals surface area contributed by atoms with Crippen LogP contribution in [0.2, 0.25) is 0 Å². The van der Waals surface area contributed by atoms with E-state index in [1.807, 2.05) is 0 Å². The molecule has 3 N–H and O–H groups in total. The second-order valence-electron chi connectivity index (χ2n) is 3.98. The minimum Gasteiger partial charge on any atom is -0.481 e. The lowest BCUT2D eigenvalue weighted by atomic mass is 9.91. The van der Waals surface area contributed by atoms with Gasteiger partial charge in [-0.2, -0.15) is 13.2 Å². The van der Waals surface area contributed by atoms with Crippen LogP contribution in [0.5, 0.6) is 0 Å². The van der Waals surface area contributed by atoms with Crippen LogP contribution in [0.15, 0.2) is 0 Å². The van der Waals surface area contributed by atoms with Gasteiger partial charge in [0.1, 0.15) is 0 Å². The van der Waals surface area contributed by atoms with Gasteiger partial charge in [-0.1, -0.05) is 13.8 Å². The first-order valence-corrected chi connectivity index (χ1v) is 4.68. The van der Waals surface area contributed by atoms with E-state index in [1.165, 1.54) is 0 Å². The third-order valence-electron chi connectivity index (χ3n) is 2.30. The fourth-order valence-electron chi connectivity index (χ4n) is 1.14. The van der Waals surface area contributed by atoms with Gasteiger partial charge in [-0.3, -0.25) is 4.79 Å². The molecule has 0 heterocycles. The number of carboxylic acids is 1.